The summed E-state index contributed by atoms with van der Waals surface area (Å²) < 4.78 is 1.71. The van der Waals surface area contributed by atoms with Crippen LogP contribution >= 0.6 is 28.4 Å². The normalized spacial score (nSPS) is 12.1. The first-order valence-electron chi connectivity index (χ1n) is 5.35. The van der Waals surface area contributed by atoms with Crippen LogP contribution in [0, 0.1) is 21.4 Å². The Morgan fingerprint density at radius 3 is 2.79 bits per heavy atom. The van der Waals surface area contributed by atoms with Crippen molar-refractivity contribution in [1.29, 1.82) is 5.26 Å². The van der Waals surface area contributed by atoms with Gasteiger partial charge in [0.05, 0.1) is 39.9 Å². The number of rotatable bonds is 3. The molecule has 0 aliphatic rings. The van der Waals surface area contributed by atoms with Crippen LogP contribution in [0.15, 0.2) is 18.3 Å². The predicted molar refractivity (Wildman–Crippen MR) is 82.8 cm³/mol. The summed E-state index contributed by atoms with van der Waals surface area (Å²) in [4.78, 5) is 10.7. The van der Waals surface area contributed by atoms with Gasteiger partial charge in [0.1, 0.15) is 0 Å². The highest BCUT2D eigenvalue weighted by molar-refractivity contribution is 14.2. The van der Waals surface area contributed by atoms with E-state index in [1.165, 1.54) is 12.3 Å². The van der Waals surface area contributed by atoms with Crippen LogP contribution < -0.4 is 0 Å². The summed E-state index contributed by atoms with van der Waals surface area (Å²) in [6, 6.07) is 5.44. The second-order valence-electron chi connectivity index (χ2n) is 4.56. The van der Waals surface area contributed by atoms with Gasteiger partial charge in [0, 0.05) is 6.07 Å². The van der Waals surface area contributed by atoms with Crippen molar-refractivity contribution in [2.24, 2.45) is 0 Å². The van der Waals surface area contributed by atoms with E-state index in [2.05, 4.69) is 33.2 Å². The molecule has 0 amide bonds. The first-order chi connectivity index (χ1) is 8.90. The van der Waals surface area contributed by atoms with Crippen molar-refractivity contribution in [3.8, 4) is 6.07 Å². The van der Waals surface area contributed by atoms with Gasteiger partial charge in [-0.3, -0.25) is 10.1 Å². The van der Waals surface area contributed by atoms with E-state index < -0.39 is 10.3 Å². The fraction of sp³-hybridized carbons (Fsp3) is 0.273. The topological polar surface area (TPSA) is 84.8 Å². The average molecular weight is 388 g/mol. The van der Waals surface area contributed by atoms with E-state index in [-0.39, 0.29) is 5.69 Å². The van der Waals surface area contributed by atoms with Gasteiger partial charge in [0.25, 0.3) is 5.69 Å². The predicted octanol–water partition coefficient (Wildman–Crippen LogP) is 3.54. The highest BCUT2D eigenvalue weighted by Gasteiger charge is 2.26. The van der Waals surface area contributed by atoms with Crippen molar-refractivity contribution >= 4 is 45.0 Å². The number of fused-ring (bicyclic) bond motifs is 1. The molecule has 0 spiro atoms. The number of nitrogens with zero attached hydrogens (tertiary/aromatic N) is 4. The molecular weight excluding hydrogens is 378 g/mol. The van der Waals surface area contributed by atoms with Crippen molar-refractivity contribution in [2.45, 2.75) is 19.3 Å². The van der Waals surface area contributed by atoms with Gasteiger partial charge >= 0.3 is 0 Å². The van der Waals surface area contributed by atoms with Crippen molar-refractivity contribution in [3.63, 3.8) is 0 Å². The number of hydrogen-bond acceptors (Lipinski definition) is 4. The van der Waals surface area contributed by atoms with E-state index in [0.717, 1.165) is 0 Å². The number of nitriles is 1. The Kier molecular flexibility index (Phi) is 3.74. The lowest BCUT2D eigenvalue weighted by molar-refractivity contribution is -0.383. The van der Waals surface area contributed by atoms with Gasteiger partial charge < -0.3 is 0 Å². The van der Waals surface area contributed by atoms with E-state index in [4.69, 9.17) is 0 Å². The zero-order chi connectivity index (χ0) is 14.2. The van der Waals surface area contributed by atoms with Crippen molar-refractivity contribution in [1.82, 2.24) is 9.55 Å². The Morgan fingerprint density at radius 1 is 1.58 bits per heavy atom. The summed E-state index contributed by atoms with van der Waals surface area (Å²) in [6.07, 6.45) is 1.85. The third-order valence-electron chi connectivity index (χ3n) is 2.94. The fourth-order valence-electron chi connectivity index (χ4n) is 1.75. The highest BCUT2D eigenvalue weighted by atomic mass is 127. The van der Waals surface area contributed by atoms with Crippen molar-refractivity contribution in [2.75, 3.05) is 0 Å². The first kappa shape index (κ1) is 14.2. The van der Waals surface area contributed by atoms with Crippen LogP contribution in [0.4, 0.5) is 5.69 Å². The van der Waals surface area contributed by atoms with E-state index in [9.17, 15) is 15.4 Å². The lowest BCUT2D eigenvalue weighted by Gasteiger charge is -2.15. The summed E-state index contributed by atoms with van der Waals surface area (Å²) in [5.41, 5.74) is 0.546. The SMILES string of the molecule is CC(C)(C#N)c1cc([N+](=O)[O-])c2cnn(PI)c2c1. The number of nitro benzene ring substituents is 1. The molecule has 1 unspecified atom stereocenters. The second-order valence-corrected chi connectivity index (χ2v) is 6.60. The number of benzene rings is 1. The quantitative estimate of drug-likeness (QED) is 0.349. The molecule has 1 aromatic carbocycles. The molecular formula is C11H10IN4O2P. The third kappa shape index (κ3) is 2.42. The molecule has 2 rings (SSSR count). The molecule has 0 N–H and O–H groups in total. The molecule has 0 aliphatic carbocycles. The Labute approximate surface area is 124 Å². The number of aromatic nitrogens is 2. The van der Waals surface area contributed by atoms with E-state index in [1.54, 1.807) is 18.3 Å². The second kappa shape index (κ2) is 5.02. The summed E-state index contributed by atoms with van der Waals surface area (Å²) in [7, 11) is 0. The van der Waals surface area contributed by atoms with Gasteiger partial charge in [0.2, 0.25) is 0 Å². The smallest absolute Gasteiger partial charge is 0.258 e. The monoisotopic (exact) mass is 388 g/mol. The van der Waals surface area contributed by atoms with Crippen LogP contribution in [0.3, 0.4) is 0 Å². The minimum absolute atomic E-state index is 0.00303. The molecule has 1 heterocycles. The molecule has 0 fully saturated rings. The molecule has 0 radical (unpaired) electrons. The van der Waals surface area contributed by atoms with Crippen LogP contribution in [0.2, 0.25) is 0 Å². The minimum Gasteiger partial charge on any atom is -0.258 e. The molecule has 0 aliphatic heterocycles. The maximum Gasteiger partial charge on any atom is 0.280 e. The van der Waals surface area contributed by atoms with Crippen LogP contribution in [-0.4, -0.2) is 14.5 Å². The lowest BCUT2D eigenvalue weighted by Crippen LogP contribution is -2.14. The highest BCUT2D eigenvalue weighted by Crippen LogP contribution is 2.36. The third-order valence-corrected chi connectivity index (χ3v) is 4.83. The molecule has 1 aromatic heterocycles. The number of nitro groups is 1. The Morgan fingerprint density at radius 2 is 2.26 bits per heavy atom. The average Bonchev–Trinajstić information content (AvgIpc) is 2.80. The maximum absolute atomic E-state index is 11.2. The Hall–Kier alpha value is -1.26. The lowest BCUT2D eigenvalue weighted by atomic mass is 9.85. The van der Waals surface area contributed by atoms with Gasteiger partial charge in [-0.2, -0.15) is 10.4 Å². The summed E-state index contributed by atoms with van der Waals surface area (Å²) >= 11 is 2.16. The molecule has 0 bridgehead atoms. The number of hydrogen-bond donors (Lipinski definition) is 0. The van der Waals surface area contributed by atoms with E-state index >= 15 is 0 Å². The largest absolute Gasteiger partial charge is 0.280 e. The zero-order valence-corrected chi connectivity index (χ0v) is 13.4. The molecule has 19 heavy (non-hydrogen) atoms. The van der Waals surface area contributed by atoms with E-state index in [1.807, 2.05) is 6.07 Å². The van der Waals surface area contributed by atoms with Gasteiger partial charge in [-0.05, 0) is 47.5 Å². The Balaban J connectivity index is 2.83. The molecule has 0 saturated carbocycles. The van der Waals surface area contributed by atoms with Gasteiger partial charge in [-0.1, -0.05) is 0 Å². The molecule has 6 nitrogen and oxygen atoms in total. The van der Waals surface area contributed by atoms with Crippen LogP contribution in [0.5, 0.6) is 0 Å². The number of halogens is 1. The standard InChI is InChI=1S/C11H10IN4O2P/c1-11(2,6-13)7-3-9-8(5-14-15(9)19-12)10(4-7)16(17)18/h3-5,19H,1-2H3. The summed E-state index contributed by atoms with van der Waals surface area (Å²) in [5, 5.41) is 25.0. The number of non-ortho nitro benzene ring substituents is 1. The molecule has 8 heteroatoms. The van der Waals surface area contributed by atoms with Crippen molar-refractivity contribution < 1.29 is 4.92 Å². The van der Waals surface area contributed by atoms with Crippen LogP contribution in [-0.2, 0) is 5.41 Å². The first-order valence-corrected chi connectivity index (χ1v) is 9.41. The zero-order valence-electron chi connectivity index (χ0n) is 10.2. The molecule has 0 saturated heterocycles. The van der Waals surface area contributed by atoms with Gasteiger partial charge in [-0.25, -0.2) is 4.45 Å². The van der Waals surface area contributed by atoms with Gasteiger partial charge in [-0.15, -0.1) is 0 Å². The van der Waals surface area contributed by atoms with E-state index in [0.29, 0.717) is 22.8 Å². The Bertz CT molecular complexity index is 705. The molecule has 1 atom stereocenters. The molecule has 2 aromatic rings. The molecule has 98 valence electrons. The summed E-state index contributed by atoms with van der Waals surface area (Å²) in [5.74, 6) is 0. The fourth-order valence-corrected chi connectivity index (χ4v) is 3.28. The minimum atomic E-state index is -0.775. The van der Waals surface area contributed by atoms with Crippen LogP contribution in [0.25, 0.3) is 10.9 Å². The maximum atomic E-state index is 11.2. The van der Waals surface area contributed by atoms with Crippen molar-refractivity contribution in [3.05, 3.63) is 34.0 Å². The van der Waals surface area contributed by atoms with Crippen LogP contribution in [0.1, 0.15) is 19.4 Å². The summed E-state index contributed by atoms with van der Waals surface area (Å²) in [6.45, 7) is 3.48. The van der Waals surface area contributed by atoms with Gasteiger partial charge in [0.15, 0.2) is 0 Å².